The fourth-order valence-corrected chi connectivity index (χ4v) is 2.39. The van der Waals surface area contributed by atoms with E-state index in [0.717, 1.165) is 30.6 Å². The van der Waals surface area contributed by atoms with E-state index in [4.69, 9.17) is 4.74 Å². The molecule has 2 rings (SSSR count). The molecule has 1 aromatic rings. The van der Waals surface area contributed by atoms with Gasteiger partial charge in [0.2, 0.25) is 5.91 Å². The van der Waals surface area contributed by atoms with Crippen molar-refractivity contribution in [2.75, 3.05) is 23.4 Å². The van der Waals surface area contributed by atoms with E-state index in [-0.39, 0.29) is 5.91 Å². The van der Waals surface area contributed by atoms with Crippen molar-refractivity contribution in [3.63, 3.8) is 0 Å². The van der Waals surface area contributed by atoms with Gasteiger partial charge in [-0.05, 0) is 37.5 Å². The van der Waals surface area contributed by atoms with E-state index >= 15 is 0 Å². The average molecular weight is 276 g/mol. The molecule has 0 spiro atoms. The molecule has 5 heteroatoms. The highest BCUT2D eigenvalue weighted by Gasteiger charge is 2.21. The summed E-state index contributed by atoms with van der Waals surface area (Å²) in [4.78, 5) is 25.2. The van der Waals surface area contributed by atoms with Crippen LogP contribution >= 0.6 is 0 Å². The van der Waals surface area contributed by atoms with Crippen LogP contribution in [0.25, 0.3) is 0 Å². The molecule has 1 heterocycles. The van der Waals surface area contributed by atoms with E-state index in [1.165, 1.54) is 0 Å². The summed E-state index contributed by atoms with van der Waals surface area (Å²) >= 11 is 0. The van der Waals surface area contributed by atoms with Crippen molar-refractivity contribution >= 4 is 23.4 Å². The number of amides is 2. The normalized spacial score (nSPS) is 13.6. The van der Waals surface area contributed by atoms with Gasteiger partial charge in [0.1, 0.15) is 0 Å². The van der Waals surface area contributed by atoms with Crippen molar-refractivity contribution in [2.24, 2.45) is 0 Å². The molecule has 0 atom stereocenters. The molecule has 0 radical (unpaired) electrons. The van der Waals surface area contributed by atoms with Gasteiger partial charge >= 0.3 is 6.09 Å². The highest BCUT2D eigenvalue weighted by molar-refractivity contribution is 5.95. The summed E-state index contributed by atoms with van der Waals surface area (Å²) in [6.45, 7) is 4.69. The van der Waals surface area contributed by atoms with Gasteiger partial charge in [-0.2, -0.15) is 0 Å². The third-order valence-electron chi connectivity index (χ3n) is 3.33. The van der Waals surface area contributed by atoms with Crippen LogP contribution in [0.4, 0.5) is 16.2 Å². The molecular weight excluding hydrogens is 256 g/mol. The molecule has 1 aliphatic rings. The summed E-state index contributed by atoms with van der Waals surface area (Å²) in [5, 5.41) is 2.67. The average Bonchev–Trinajstić information content (AvgIpc) is 2.46. The van der Waals surface area contributed by atoms with Crippen molar-refractivity contribution in [3.8, 4) is 0 Å². The lowest BCUT2D eigenvalue weighted by Gasteiger charge is -2.29. The van der Waals surface area contributed by atoms with Crippen molar-refractivity contribution in [1.82, 2.24) is 0 Å². The van der Waals surface area contributed by atoms with Crippen LogP contribution in [0.15, 0.2) is 18.2 Å². The SMILES string of the molecule is CCOC(=O)Nc1ccc2c(c1)N(C(=O)CC)CCC2. The second-order valence-electron chi connectivity index (χ2n) is 4.69. The predicted molar refractivity (Wildman–Crippen MR) is 78.1 cm³/mol. The van der Waals surface area contributed by atoms with Gasteiger partial charge in [0.15, 0.2) is 0 Å². The lowest BCUT2D eigenvalue weighted by Crippen LogP contribution is -2.35. The van der Waals surface area contributed by atoms with Gasteiger partial charge in [0.05, 0.1) is 6.61 Å². The Morgan fingerprint density at radius 3 is 2.85 bits per heavy atom. The fourth-order valence-electron chi connectivity index (χ4n) is 2.39. The fraction of sp³-hybridized carbons (Fsp3) is 0.467. The first-order chi connectivity index (χ1) is 9.65. The number of hydrogen-bond acceptors (Lipinski definition) is 3. The number of ether oxygens (including phenoxy) is 1. The number of nitrogens with zero attached hydrogens (tertiary/aromatic N) is 1. The monoisotopic (exact) mass is 276 g/mol. The van der Waals surface area contributed by atoms with E-state index in [1.807, 2.05) is 25.1 Å². The second-order valence-corrected chi connectivity index (χ2v) is 4.69. The molecule has 1 aliphatic heterocycles. The maximum atomic E-state index is 12.0. The molecule has 20 heavy (non-hydrogen) atoms. The van der Waals surface area contributed by atoms with Gasteiger partial charge < -0.3 is 9.64 Å². The Labute approximate surface area is 118 Å². The maximum absolute atomic E-state index is 12.0. The minimum Gasteiger partial charge on any atom is -0.450 e. The van der Waals surface area contributed by atoms with Crippen LogP contribution in [0, 0.1) is 0 Å². The third kappa shape index (κ3) is 3.10. The molecule has 0 saturated carbocycles. The number of fused-ring (bicyclic) bond motifs is 1. The minimum absolute atomic E-state index is 0.110. The minimum atomic E-state index is -0.475. The van der Waals surface area contributed by atoms with Crippen LogP contribution in [0.1, 0.15) is 32.3 Å². The quantitative estimate of drug-likeness (QED) is 0.923. The van der Waals surface area contributed by atoms with Crippen molar-refractivity contribution < 1.29 is 14.3 Å². The number of hydrogen-bond donors (Lipinski definition) is 1. The molecule has 1 N–H and O–H groups in total. The largest absolute Gasteiger partial charge is 0.450 e. The zero-order valence-electron chi connectivity index (χ0n) is 11.9. The van der Waals surface area contributed by atoms with E-state index in [0.29, 0.717) is 18.7 Å². The molecule has 0 bridgehead atoms. The Balaban J connectivity index is 2.23. The molecule has 5 nitrogen and oxygen atoms in total. The molecule has 0 fully saturated rings. The number of nitrogens with one attached hydrogen (secondary N) is 1. The molecular formula is C15H20N2O3. The van der Waals surface area contributed by atoms with Crippen molar-refractivity contribution in [3.05, 3.63) is 23.8 Å². The van der Waals surface area contributed by atoms with Crippen LogP contribution < -0.4 is 10.2 Å². The first-order valence-corrected chi connectivity index (χ1v) is 7.02. The standard InChI is InChI=1S/C15H20N2O3/c1-3-14(18)17-9-5-6-11-7-8-12(10-13(11)17)16-15(19)20-4-2/h7-8,10H,3-6,9H2,1-2H3,(H,16,19). The summed E-state index contributed by atoms with van der Waals surface area (Å²) in [5.41, 5.74) is 2.70. The Bertz CT molecular complexity index is 514. The van der Waals surface area contributed by atoms with Crippen LogP contribution in [0.2, 0.25) is 0 Å². The van der Waals surface area contributed by atoms with E-state index < -0.39 is 6.09 Å². The lowest BCUT2D eigenvalue weighted by atomic mass is 10.0. The topological polar surface area (TPSA) is 58.6 Å². The number of rotatable bonds is 3. The van der Waals surface area contributed by atoms with Gasteiger partial charge in [-0.25, -0.2) is 4.79 Å². The maximum Gasteiger partial charge on any atom is 0.411 e. The summed E-state index contributed by atoms with van der Waals surface area (Å²) in [6, 6.07) is 5.65. The molecule has 1 aromatic carbocycles. The number of benzene rings is 1. The molecule has 2 amide bonds. The first-order valence-electron chi connectivity index (χ1n) is 7.02. The Kier molecular flexibility index (Phi) is 4.61. The third-order valence-corrected chi connectivity index (χ3v) is 3.33. The van der Waals surface area contributed by atoms with Crippen molar-refractivity contribution in [2.45, 2.75) is 33.1 Å². The van der Waals surface area contributed by atoms with E-state index in [1.54, 1.807) is 11.8 Å². The number of carbonyl (C=O) groups is 2. The van der Waals surface area contributed by atoms with Gasteiger partial charge in [-0.3, -0.25) is 10.1 Å². The predicted octanol–water partition coefficient (Wildman–Crippen LogP) is 2.94. The summed E-state index contributed by atoms with van der Waals surface area (Å²) in [7, 11) is 0. The Morgan fingerprint density at radius 1 is 1.35 bits per heavy atom. The summed E-state index contributed by atoms with van der Waals surface area (Å²) in [6.07, 6.45) is 1.94. The van der Waals surface area contributed by atoms with Gasteiger partial charge in [0.25, 0.3) is 0 Å². The van der Waals surface area contributed by atoms with Crippen LogP contribution in [0.3, 0.4) is 0 Å². The smallest absolute Gasteiger partial charge is 0.411 e. The van der Waals surface area contributed by atoms with Crippen LogP contribution in [-0.4, -0.2) is 25.2 Å². The first kappa shape index (κ1) is 14.4. The molecule has 0 aliphatic carbocycles. The second kappa shape index (κ2) is 6.41. The van der Waals surface area contributed by atoms with Crippen molar-refractivity contribution in [1.29, 1.82) is 0 Å². The molecule has 108 valence electrons. The number of carbonyl (C=O) groups excluding carboxylic acids is 2. The molecule has 0 saturated heterocycles. The molecule has 0 unspecified atom stereocenters. The Morgan fingerprint density at radius 2 is 2.15 bits per heavy atom. The zero-order valence-corrected chi connectivity index (χ0v) is 11.9. The van der Waals surface area contributed by atoms with Gasteiger partial charge in [-0.1, -0.05) is 13.0 Å². The number of aryl methyl sites for hydroxylation is 1. The highest BCUT2D eigenvalue weighted by atomic mass is 16.5. The molecule has 0 aromatic heterocycles. The summed E-state index contributed by atoms with van der Waals surface area (Å²) in [5.74, 6) is 0.110. The van der Waals surface area contributed by atoms with Crippen LogP contribution in [0.5, 0.6) is 0 Å². The zero-order chi connectivity index (χ0) is 14.5. The van der Waals surface area contributed by atoms with Gasteiger partial charge in [0, 0.05) is 24.3 Å². The highest BCUT2D eigenvalue weighted by Crippen LogP contribution is 2.30. The van der Waals surface area contributed by atoms with Crippen LogP contribution in [-0.2, 0) is 16.0 Å². The summed E-state index contributed by atoms with van der Waals surface area (Å²) < 4.78 is 4.85. The van der Waals surface area contributed by atoms with E-state index in [9.17, 15) is 9.59 Å². The Hall–Kier alpha value is -2.04. The van der Waals surface area contributed by atoms with Gasteiger partial charge in [-0.15, -0.1) is 0 Å². The number of anilines is 2. The lowest BCUT2D eigenvalue weighted by molar-refractivity contribution is -0.118. The van der Waals surface area contributed by atoms with E-state index in [2.05, 4.69) is 5.32 Å².